The smallest absolute Gasteiger partial charge is 0.326 e. The molecule has 0 spiro atoms. The Morgan fingerprint density at radius 1 is 0.556 bits per heavy atom. The van der Waals surface area contributed by atoms with Crippen LogP contribution in [0.3, 0.4) is 0 Å². The Balaban J connectivity index is 2.15. The van der Waals surface area contributed by atoms with Crippen molar-refractivity contribution in [2.45, 2.75) is 129 Å². The third kappa shape index (κ3) is 17.9. The molecule has 2 rings (SSSR count). The molecule has 0 heterocycles. The van der Waals surface area contributed by atoms with E-state index in [4.69, 9.17) is 0 Å². The van der Waals surface area contributed by atoms with Gasteiger partial charge in [-0.1, -0.05) is 102 Å². The summed E-state index contributed by atoms with van der Waals surface area (Å²) in [6.07, 6.45) is -3.08. The molecule has 19 nitrogen and oxygen atoms in total. The largest absolute Gasteiger partial charge is 0.481 e. The number of carbonyl (C=O) groups is 9. The fraction of sp³-hybridized carbons (Fsp3) is 0.523. The zero-order chi connectivity index (χ0) is 47.6. The van der Waals surface area contributed by atoms with Gasteiger partial charge < -0.3 is 52.5 Å². The normalized spacial score (nSPS) is 15.0. The van der Waals surface area contributed by atoms with E-state index < -0.39 is 133 Å². The molecule has 1 unspecified atom stereocenters. The van der Waals surface area contributed by atoms with Gasteiger partial charge in [0.2, 0.25) is 41.4 Å². The first-order valence-electron chi connectivity index (χ1n) is 20.8. The summed E-state index contributed by atoms with van der Waals surface area (Å²) in [7, 11) is 0. The second-order valence-electron chi connectivity index (χ2n) is 16.4. The minimum absolute atomic E-state index is 0.0878. The highest BCUT2D eigenvalue weighted by molar-refractivity contribution is 5.95. The number of nitrogens with one attached hydrogen (secondary N) is 7. The average Bonchev–Trinajstić information content (AvgIpc) is 3.20. The summed E-state index contributed by atoms with van der Waals surface area (Å²) in [5, 5.41) is 48.1. The fourth-order valence-corrected chi connectivity index (χ4v) is 6.49. The third-order valence-corrected chi connectivity index (χ3v) is 10.0. The van der Waals surface area contributed by atoms with Crippen molar-refractivity contribution in [3.8, 4) is 0 Å². The van der Waals surface area contributed by atoms with Crippen LogP contribution >= 0.6 is 0 Å². The van der Waals surface area contributed by atoms with E-state index in [-0.39, 0.29) is 12.3 Å². The Hall–Kier alpha value is -6.37. The number of amides is 7. The van der Waals surface area contributed by atoms with Crippen molar-refractivity contribution < 1.29 is 58.5 Å². The van der Waals surface area contributed by atoms with Crippen molar-refractivity contribution in [3.05, 3.63) is 71.8 Å². The number of benzene rings is 2. The summed E-state index contributed by atoms with van der Waals surface area (Å²) in [6, 6.07) is 8.13. The Morgan fingerprint density at radius 2 is 1.08 bits per heavy atom. The molecule has 346 valence electrons. The van der Waals surface area contributed by atoms with Gasteiger partial charge >= 0.3 is 11.9 Å². The molecule has 0 fully saturated rings. The topological polar surface area (TPSA) is 299 Å². The molecule has 0 aliphatic rings. The second-order valence-corrected chi connectivity index (χ2v) is 16.4. The summed E-state index contributed by atoms with van der Waals surface area (Å²) in [5.74, 6) is -9.08. The standard InChI is InChI=1S/C44H63N7O12/c1-23(2)35(50-43(61)38(29-17-13-10-14-18-29)51-42(60)36(24(3)4)46-27(8)52)32(53)22-33(54)49-37(25(5)6)41(59)45-26(7)39(57)47-30(19-20-34(55)56)40(58)48-31(44(62)63)21-28-15-11-9-12-16-28/h9-18,23-26,30-32,35-38,53H,19-22H2,1-8H3,(H,45,59)(H,46,52)(H,47,57)(H,48,58)(H,49,54)(H,50,61)(H,51,60)(H,55,56)(H,62,63)/t26-,30-,31-,32+,35+,36-,37-,38?/m0/s1. The van der Waals surface area contributed by atoms with Crippen molar-refractivity contribution >= 4 is 53.3 Å². The van der Waals surface area contributed by atoms with Crippen LogP contribution in [0, 0.1) is 17.8 Å². The van der Waals surface area contributed by atoms with Crippen LogP contribution in [0.4, 0.5) is 0 Å². The molecule has 0 aliphatic heterocycles. The average molecular weight is 882 g/mol. The minimum atomic E-state index is -1.48. The van der Waals surface area contributed by atoms with Gasteiger partial charge in [0.15, 0.2) is 0 Å². The number of carbonyl (C=O) groups excluding carboxylic acids is 7. The lowest BCUT2D eigenvalue weighted by Gasteiger charge is -2.31. The molecule has 19 heteroatoms. The van der Waals surface area contributed by atoms with Gasteiger partial charge in [0.05, 0.1) is 18.6 Å². The van der Waals surface area contributed by atoms with Crippen molar-refractivity contribution in [1.29, 1.82) is 0 Å². The molecule has 0 aromatic heterocycles. The predicted molar refractivity (Wildman–Crippen MR) is 230 cm³/mol. The van der Waals surface area contributed by atoms with Gasteiger partial charge in [0.1, 0.15) is 36.3 Å². The molecule has 2 aromatic rings. The first-order chi connectivity index (χ1) is 29.5. The van der Waals surface area contributed by atoms with Gasteiger partial charge in [-0.15, -0.1) is 0 Å². The highest BCUT2D eigenvalue weighted by atomic mass is 16.4. The summed E-state index contributed by atoms with van der Waals surface area (Å²) < 4.78 is 0. The molecular weight excluding hydrogens is 819 g/mol. The third-order valence-electron chi connectivity index (χ3n) is 10.0. The number of carboxylic acids is 2. The predicted octanol–water partition coefficient (Wildman–Crippen LogP) is 0.704. The Kier molecular flexibility index (Phi) is 21.4. The highest BCUT2D eigenvalue weighted by Gasteiger charge is 2.35. The van der Waals surface area contributed by atoms with E-state index in [0.29, 0.717) is 11.1 Å². The lowest BCUT2D eigenvalue weighted by atomic mass is 9.94. The molecule has 8 atom stereocenters. The van der Waals surface area contributed by atoms with E-state index in [1.807, 2.05) is 0 Å². The van der Waals surface area contributed by atoms with Gasteiger partial charge in [0.25, 0.3) is 0 Å². The van der Waals surface area contributed by atoms with E-state index in [2.05, 4.69) is 37.2 Å². The van der Waals surface area contributed by atoms with Crippen LogP contribution in [0.25, 0.3) is 0 Å². The molecule has 0 saturated carbocycles. The maximum Gasteiger partial charge on any atom is 0.326 e. The van der Waals surface area contributed by atoms with Crippen LogP contribution in [-0.2, 0) is 49.6 Å². The molecule has 0 radical (unpaired) electrons. The molecule has 0 aliphatic carbocycles. The van der Waals surface area contributed by atoms with E-state index in [9.17, 15) is 58.5 Å². The SMILES string of the molecule is CC(=O)N[C@H](C(=O)NC(C(=O)N[C@H](C(C)C)[C@H](O)CC(=O)N[C@H](C(=O)N[C@@H](C)C(=O)N[C@@H](CCC(=O)O)C(=O)N[C@@H](Cc1ccccc1)C(=O)O)C(C)C)c1ccccc1)C(C)C. The summed E-state index contributed by atoms with van der Waals surface area (Å²) in [6.45, 7) is 12.7. The summed E-state index contributed by atoms with van der Waals surface area (Å²) in [5.41, 5.74) is 1.03. The molecule has 2 aromatic carbocycles. The first-order valence-corrected chi connectivity index (χ1v) is 20.8. The molecular formula is C44H63N7O12. The molecule has 7 amide bonds. The monoisotopic (exact) mass is 881 g/mol. The van der Waals surface area contributed by atoms with E-state index in [0.717, 1.165) is 0 Å². The molecule has 0 saturated heterocycles. The van der Waals surface area contributed by atoms with Crippen molar-refractivity contribution in [3.63, 3.8) is 0 Å². The number of aliphatic carboxylic acids is 2. The second kappa shape index (κ2) is 25.5. The summed E-state index contributed by atoms with van der Waals surface area (Å²) >= 11 is 0. The van der Waals surface area contributed by atoms with E-state index >= 15 is 0 Å². The van der Waals surface area contributed by atoms with Crippen LogP contribution in [-0.4, -0.2) is 111 Å². The maximum atomic E-state index is 13.8. The zero-order valence-corrected chi connectivity index (χ0v) is 37.0. The quantitative estimate of drug-likeness (QED) is 0.0660. The van der Waals surface area contributed by atoms with Gasteiger partial charge in [-0.3, -0.25) is 38.4 Å². The Morgan fingerprint density at radius 3 is 1.59 bits per heavy atom. The number of carboxylic acid groups (broad SMARTS) is 2. The zero-order valence-electron chi connectivity index (χ0n) is 37.0. The number of hydrogen-bond acceptors (Lipinski definition) is 10. The van der Waals surface area contributed by atoms with E-state index in [1.165, 1.54) is 13.8 Å². The van der Waals surface area contributed by atoms with Crippen molar-refractivity contribution in [2.24, 2.45) is 17.8 Å². The van der Waals surface area contributed by atoms with E-state index in [1.54, 1.807) is 102 Å². The lowest BCUT2D eigenvalue weighted by Crippen LogP contribution is -2.58. The minimum Gasteiger partial charge on any atom is -0.481 e. The van der Waals surface area contributed by atoms with Crippen LogP contribution in [0.2, 0.25) is 0 Å². The van der Waals surface area contributed by atoms with Crippen LogP contribution in [0.15, 0.2) is 60.7 Å². The number of aliphatic hydroxyl groups is 1. The van der Waals surface area contributed by atoms with Gasteiger partial charge in [0, 0.05) is 19.8 Å². The first kappa shape index (κ1) is 52.8. The Bertz CT molecular complexity index is 1890. The summed E-state index contributed by atoms with van der Waals surface area (Å²) in [4.78, 5) is 116. The molecule has 63 heavy (non-hydrogen) atoms. The highest BCUT2D eigenvalue weighted by Crippen LogP contribution is 2.18. The van der Waals surface area contributed by atoms with Gasteiger partial charge in [-0.25, -0.2) is 4.79 Å². The van der Waals surface area contributed by atoms with Crippen molar-refractivity contribution in [2.75, 3.05) is 0 Å². The van der Waals surface area contributed by atoms with Crippen molar-refractivity contribution in [1.82, 2.24) is 37.2 Å². The lowest BCUT2D eigenvalue weighted by molar-refractivity contribution is -0.143. The number of aliphatic hydroxyl groups excluding tert-OH is 1. The maximum absolute atomic E-state index is 13.8. The number of rotatable bonds is 25. The molecule has 10 N–H and O–H groups in total. The fourth-order valence-electron chi connectivity index (χ4n) is 6.49. The van der Waals surface area contributed by atoms with Crippen LogP contribution in [0.5, 0.6) is 0 Å². The van der Waals surface area contributed by atoms with Gasteiger partial charge in [-0.2, -0.15) is 0 Å². The number of hydrogen-bond donors (Lipinski definition) is 10. The van der Waals surface area contributed by atoms with Crippen LogP contribution < -0.4 is 37.2 Å². The van der Waals surface area contributed by atoms with Crippen LogP contribution in [0.1, 0.15) is 91.8 Å². The molecule has 0 bridgehead atoms. The Labute approximate surface area is 367 Å². The van der Waals surface area contributed by atoms with Gasteiger partial charge in [-0.05, 0) is 42.2 Å².